The minimum absolute atomic E-state index is 0.117. The number of nitrogens with one attached hydrogen (secondary N) is 1. The predicted octanol–water partition coefficient (Wildman–Crippen LogP) is 2.26. The van der Waals surface area contributed by atoms with E-state index in [1.807, 2.05) is 32.9 Å². The lowest BCUT2D eigenvalue weighted by molar-refractivity contribution is 0.768. The topological polar surface area (TPSA) is 58.6 Å². The SMILES string of the molecule is Cc1cc(-c2cc(=O)[nH]c(C(C)C)n2)ccn1. The molecule has 0 aromatic carbocycles. The number of hydrogen-bond donors (Lipinski definition) is 1. The molecule has 88 valence electrons. The Kier molecular flexibility index (Phi) is 3.04. The van der Waals surface area contributed by atoms with E-state index >= 15 is 0 Å². The average molecular weight is 229 g/mol. The van der Waals surface area contributed by atoms with Crippen LogP contribution in [-0.4, -0.2) is 15.0 Å². The van der Waals surface area contributed by atoms with Gasteiger partial charge in [0.1, 0.15) is 5.82 Å². The highest BCUT2D eigenvalue weighted by atomic mass is 16.1. The molecule has 0 saturated carbocycles. The van der Waals surface area contributed by atoms with Crippen LogP contribution in [0, 0.1) is 6.92 Å². The summed E-state index contributed by atoms with van der Waals surface area (Å²) >= 11 is 0. The van der Waals surface area contributed by atoms with Crippen LogP contribution in [0.5, 0.6) is 0 Å². The fourth-order valence-electron chi connectivity index (χ4n) is 1.60. The molecule has 0 aliphatic rings. The summed E-state index contributed by atoms with van der Waals surface area (Å²) in [5, 5.41) is 0. The van der Waals surface area contributed by atoms with Crippen LogP contribution in [0.2, 0.25) is 0 Å². The van der Waals surface area contributed by atoms with Crippen molar-refractivity contribution in [2.24, 2.45) is 0 Å². The Morgan fingerprint density at radius 3 is 2.71 bits per heavy atom. The quantitative estimate of drug-likeness (QED) is 0.859. The van der Waals surface area contributed by atoms with Crippen LogP contribution >= 0.6 is 0 Å². The fourth-order valence-corrected chi connectivity index (χ4v) is 1.60. The van der Waals surface area contributed by atoms with E-state index in [1.165, 1.54) is 6.07 Å². The average Bonchev–Trinajstić information content (AvgIpc) is 2.28. The van der Waals surface area contributed by atoms with Gasteiger partial charge in [0.05, 0.1) is 5.69 Å². The maximum absolute atomic E-state index is 11.6. The van der Waals surface area contributed by atoms with Gasteiger partial charge in [-0.2, -0.15) is 0 Å². The van der Waals surface area contributed by atoms with E-state index in [0.717, 1.165) is 11.3 Å². The highest BCUT2D eigenvalue weighted by Gasteiger charge is 2.07. The predicted molar refractivity (Wildman–Crippen MR) is 66.9 cm³/mol. The Bertz CT molecular complexity index is 587. The van der Waals surface area contributed by atoms with Crippen LogP contribution in [-0.2, 0) is 0 Å². The van der Waals surface area contributed by atoms with Crippen LogP contribution in [0.4, 0.5) is 0 Å². The van der Waals surface area contributed by atoms with Gasteiger partial charge >= 0.3 is 0 Å². The van der Waals surface area contributed by atoms with E-state index in [1.54, 1.807) is 6.20 Å². The molecule has 2 rings (SSSR count). The van der Waals surface area contributed by atoms with Crippen molar-refractivity contribution in [2.75, 3.05) is 0 Å². The van der Waals surface area contributed by atoms with Gasteiger partial charge in [0.15, 0.2) is 0 Å². The molecule has 0 atom stereocenters. The first-order valence-corrected chi connectivity index (χ1v) is 5.60. The molecule has 0 spiro atoms. The lowest BCUT2D eigenvalue weighted by Gasteiger charge is -2.07. The number of pyridine rings is 1. The number of rotatable bonds is 2. The number of H-pyrrole nitrogens is 1. The first-order chi connectivity index (χ1) is 8.06. The molecule has 0 aliphatic carbocycles. The highest BCUT2D eigenvalue weighted by molar-refractivity contribution is 5.58. The summed E-state index contributed by atoms with van der Waals surface area (Å²) in [7, 11) is 0. The molecule has 0 amide bonds. The second-order valence-corrected chi connectivity index (χ2v) is 4.36. The van der Waals surface area contributed by atoms with Crippen LogP contribution < -0.4 is 5.56 Å². The van der Waals surface area contributed by atoms with Gasteiger partial charge in [-0.15, -0.1) is 0 Å². The molecule has 0 unspecified atom stereocenters. The Labute approximate surface area is 99.8 Å². The zero-order chi connectivity index (χ0) is 12.4. The van der Waals surface area contributed by atoms with E-state index < -0.39 is 0 Å². The second-order valence-electron chi connectivity index (χ2n) is 4.36. The van der Waals surface area contributed by atoms with Crippen molar-refractivity contribution in [1.29, 1.82) is 0 Å². The first-order valence-electron chi connectivity index (χ1n) is 5.60. The molecule has 0 saturated heterocycles. The highest BCUT2D eigenvalue weighted by Crippen LogP contribution is 2.17. The van der Waals surface area contributed by atoms with Crippen LogP contribution in [0.1, 0.15) is 31.3 Å². The smallest absolute Gasteiger partial charge is 0.251 e. The summed E-state index contributed by atoms with van der Waals surface area (Å²) in [6, 6.07) is 5.30. The summed E-state index contributed by atoms with van der Waals surface area (Å²) < 4.78 is 0. The summed E-state index contributed by atoms with van der Waals surface area (Å²) in [6.45, 7) is 5.92. The van der Waals surface area contributed by atoms with E-state index in [-0.39, 0.29) is 11.5 Å². The third kappa shape index (κ3) is 2.58. The Morgan fingerprint density at radius 1 is 1.29 bits per heavy atom. The molecule has 0 bridgehead atoms. The number of aromatic amines is 1. The van der Waals surface area contributed by atoms with E-state index in [4.69, 9.17) is 0 Å². The van der Waals surface area contributed by atoms with Crippen molar-refractivity contribution in [2.45, 2.75) is 26.7 Å². The standard InChI is InChI=1S/C13H15N3O/c1-8(2)13-15-11(7-12(17)16-13)10-4-5-14-9(3)6-10/h4-8H,1-3H3,(H,15,16,17). The molecular weight excluding hydrogens is 214 g/mol. The van der Waals surface area contributed by atoms with Crippen LogP contribution in [0.3, 0.4) is 0 Å². The van der Waals surface area contributed by atoms with E-state index in [9.17, 15) is 4.79 Å². The zero-order valence-corrected chi connectivity index (χ0v) is 10.2. The molecule has 0 aliphatic heterocycles. The number of hydrogen-bond acceptors (Lipinski definition) is 3. The van der Waals surface area contributed by atoms with E-state index in [0.29, 0.717) is 11.5 Å². The maximum Gasteiger partial charge on any atom is 0.251 e. The molecular formula is C13H15N3O. The van der Waals surface area contributed by atoms with Crippen molar-refractivity contribution in [1.82, 2.24) is 15.0 Å². The largest absolute Gasteiger partial charge is 0.310 e. The molecule has 4 nitrogen and oxygen atoms in total. The number of nitrogens with zero attached hydrogens (tertiary/aromatic N) is 2. The van der Waals surface area contributed by atoms with Gasteiger partial charge in [-0.1, -0.05) is 13.8 Å². The Morgan fingerprint density at radius 2 is 2.06 bits per heavy atom. The molecule has 1 N–H and O–H groups in total. The van der Waals surface area contributed by atoms with Crippen molar-refractivity contribution in [3.05, 3.63) is 46.3 Å². The third-order valence-electron chi connectivity index (χ3n) is 2.50. The van der Waals surface area contributed by atoms with Crippen molar-refractivity contribution >= 4 is 0 Å². The van der Waals surface area contributed by atoms with Crippen molar-refractivity contribution < 1.29 is 0 Å². The molecule has 0 radical (unpaired) electrons. The summed E-state index contributed by atoms with van der Waals surface area (Å²) in [6.07, 6.45) is 1.72. The fraction of sp³-hybridized carbons (Fsp3) is 0.308. The monoisotopic (exact) mass is 229 g/mol. The lowest BCUT2D eigenvalue weighted by Crippen LogP contribution is -2.12. The van der Waals surface area contributed by atoms with Gasteiger partial charge in [0.25, 0.3) is 5.56 Å². The van der Waals surface area contributed by atoms with Gasteiger partial charge in [0, 0.05) is 29.4 Å². The lowest BCUT2D eigenvalue weighted by atomic mass is 10.1. The van der Waals surface area contributed by atoms with Gasteiger partial charge in [-0.25, -0.2) is 4.98 Å². The molecule has 0 fully saturated rings. The molecule has 4 heteroatoms. The molecule has 2 aromatic heterocycles. The minimum atomic E-state index is -0.117. The van der Waals surface area contributed by atoms with E-state index in [2.05, 4.69) is 15.0 Å². The Balaban J connectivity index is 2.56. The van der Waals surface area contributed by atoms with Crippen LogP contribution in [0.25, 0.3) is 11.3 Å². The van der Waals surface area contributed by atoms with Gasteiger partial charge in [0.2, 0.25) is 0 Å². The number of aromatic nitrogens is 3. The van der Waals surface area contributed by atoms with Gasteiger partial charge < -0.3 is 4.98 Å². The van der Waals surface area contributed by atoms with Crippen LogP contribution in [0.15, 0.2) is 29.2 Å². The van der Waals surface area contributed by atoms with Crippen molar-refractivity contribution in [3.8, 4) is 11.3 Å². The first kappa shape index (κ1) is 11.5. The summed E-state index contributed by atoms with van der Waals surface area (Å²) in [4.78, 5) is 22.9. The minimum Gasteiger partial charge on any atom is -0.310 e. The third-order valence-corrected chi connectivity index (χ3v) is 2.50. The molecule has 17 heavy (non-hydrogen) atoms. The maximum atomic E-state index is 11.6. The molecule has 2 heterocycles. The Hall–Kier alpha value is -1.97. The number of aryl methyl sites for hydroxylation is 1. The van der Waals surface area contributed by atoms with Gasteiger partial charge in [-0.3, -0.25) is 9.78 Å². The van der Waals surface area contributed by atoms with Gasteiger partial charge in [-0.05, 0) is 19.1 Å². The summed E-state index contributed by atoms with van der Waals surface area (Å²) in [5.41, 5.74) is 2.41. The van der Waals surface area contributed by atoms with Crippen molar-refractivity contribution in [3.63, 3.8) is 0 Å². The second kappa shape index (κ2) is 4.49. The zero-order valence-electron chi connectivity index (χ0n) is 10.2. The molecule has 2 aromatic rings. The summed E-state index contributed by atoms with van der Waals surface area (Å²) in [5.74, 6) is 0.910. The normalized spacial score (nSPS) is 10.8.